The zero-order chi connectivity index (χ0) is 75.7. The minimum absolute atomic E-state index is 0.130. The van der Waals surface area contributed by atoms with E-state index >= 15 is 39.5 Å². The first-order chi connectivity index (χ1) is 49.6. The van der Waals surface area contributed by atoms with Crippen LogP contribution < -0.4 is 51.5 Å². The van der Waals surface area contributed by atoms with Gasteiger partial charge in [0.15, 0.2) is 10.8 Å². The van der Waals surface area contributed by atoms with Crippen molar-refractivity contribution in [2.45, 2.75) is 47.8 Å². The quantitative estimate of drug-likeness (QED) is 0.0436. The van der Waals surface area contributed by atoms with Gasteiger partial charge in [-0.3, -0.25) is 0 Å². The van der Waals surface area contributed by atoms with Gasteiger partial charge in [0.25, 0.3) is 0 Å². The largest absolute Gasteiger partial charge is 0.497 e. The van der Waals surface area contributed by atoms with Crippen LogP contribution in [0.15, 0.2) is 206 Å². The van der Waals surface area contributed by atoms with Crippen molar-refractivity contribution in [3.8, 4) is 51.6 Å². The van der Waals surface area contributed by atoms with Gasteiger partial charge in [0, 0.05) is 34.3 Å². The first kappa shape index (κ1) is 73.4. The molecule has 12 rings (SSSR count). The Labute approximate surface area is 588 Å². The van der Waals surface area contributed by atoms with Gasteiger partial charge in [0.1, 0.15) is 39.6 Å². The SMILES string of the molecule is COc1ccc2sc(/C(C#N)=c3/c4c(-c5ccc(OC(F)(F)C(F)(F)C(F)(F)C(F)(F)C(=O)O)cc5)n(B(c5ccccc5)c5ccccc5)/c(=C(/F)c5nc6cc(OC)ccc6s5)c4c(-c4ccc(OC(F)(F)C(F)(F)C(F)(F)C(F)(F)C(=O)O)cc4)n3B(c3ccccc3)c3ccccc3)nc2c1. The van der Waals surface area contributed by atoms with Crippen LogP contribution in [-0.2, 0) is 9.59 Å². The van der Waals surface area contributed by atoms with Gasteiger partial charge in [0.05, 0.1) is 45.4 Å². The molecule has 8 aromatic carbocycles. The Hall–Kier alpha value is -11.3. The minimum Gasteiger partial charge on any atom is -0.497 e. The number of nitrogens with zero attached hydrogens (tertiary/aromatic N) is 5. The van der Waals surface area contributed by atoms with Crippen LogP contribution in [0.4, 0.5) is 74.6 Å². The highest BCUT2D eigenvalue weighted by atomic mass is 32.1. The Morgan fingerprint density at radius 2 is 0.752 bits per heavy atom. The number of benzene rings is 8. The Morgan fingerprint density at radius 3 is 1.09 bits per heavy atom. The average Bonchev–Trinajstić information content (AvgIpc) is 1.52. The van der Waals surface area contributed by atoms with E-state index in [9.17, 15) is 50.0 Å². The second-order valence-corrected chi connectivity index (χ2v) is 25.2. The smallest absolute Gasteiger partial charge is 0.471 e. The predicted molar refractivity (Wildman–Crippen MR) is 357 cm³/mol. The van der Waals surface area contributed by atoms with E-state index in [-0.39, 0.29) is 77.1 Å². The molecule has 2 N–H and O–H groups in total. The van der Waals surface area contributed by atoms with E-state index in [4.69, 9.17) is 29.7 Å². The van der Waals surface area contributed by atoms with Gasteiger partial charge in [-0.25, -0.2) is 23.9 Å². The molecular weight excluding hydrogens is 1460 g/mol. The van der Waals surface area contributed by atoms with E-state index in [1.54, 1.807) is 133 Å². The van der Waals surface area contributed by atoms with Gasteiger partial charge in [-0.2, -0.15) is 75.5 Å². The molecule has 0 unspecified atom stereocenters. The lowest BCUT2D eigenvalue weighted by Gasteiger charge is -2.34. The molecule has 34 heteroatoms. The third-order valence-corrected chi connectivity index (χ3v) is 19.0. The number of ether oxygens (including phenoxy) is 4. The topological polar surface area (TPSA) is 171 Å². The van der Waals surface area contributed by atoms with E-state index < -0.39 is 107 Å². The van der Waals surface area contributed by atoms with Crippen LogP contribution in [0.1, 0.15) is 10.0 Å². The van der Waals surface area contributed by atoms with Gasteiger partial charge in [-0.15, -0.1) is 22.7 Å². The third kappa shape index (κ3) is 12.3. The van der Waals surface area contributed by atoms with Crippen molar-refractivity contribution in [1.29, 1.82) is 5.26 Å². The number of aromatic nitrogens is 4. The monoisotopic (exact) mass is 1500 g/mol. The number of halogens is 17. The number of thiazole rings is 2. The summed E-state index contributed by atoms with van der Waals surface area (Å²) in [6.07, 6.45) is -13.4. The van der Waals surface area contributed by atoms with Gasteiger partial charge >= 0.3 is 73.4 Å². The number of rotatable bonds is 24. The molecule has 0 bridgehead atoms. The van der Waals surface area contributed by atoms with Gasteiger partial charge in [-0.05, 0) is 83.9 Å². The van der Waals surface area contributed by atoms with E-state index in [2.05, 4.69) is 15.5 Å². The molecule has 0 aliphatic heterocycles. The zero-order valence-electron chi connectivity index (χ0n) is 53.1. The van der Waals surface area contributed by atoms with E-state index in [0.29, 0.717) is 44.6 Å². The molecule has 0 fully saturated rings. The predicted octanol–water partition coefficient (Wildman–Crippen LogP) is 14.1. The lowest BCUT2D eigenvalue weighted by molar-refractivity contribution is -0.403. The highest BCUT2D eigenvalue weighted by Crippen LogP contribution is 2.55. The second kappa shape index (κ2) is 27.1. The van der Waals surface area contributed by atoms with Crippen LogP contribution in [0.2, 0.25) is 0 Å². The maximum Gasteiger partial charge on any atom is 0.471 e. The number of fused-ring (bicyclic) bond motifs is 3. The lowest BCUT2D eigenvalue weighted by atomic mass is 9.50. The number of carboxylic acids is 2. The Morgan fingerprint density at radius 1 is 0.438 bits per heavy atom. The fourth-order valence-electron chi connectivity index (χ4n) is 11.9. The summed E-state index contributed by atoms with van der Waals surface area (Å²) in [4.78, 5) is 31.9. The molecule has 0 aliphatic rings. The second-order valence-electron chi connectivity index (χ2n) is 23.2. The summed E-state index contributed by atoms with van der Waals surface area (Å²) in [5, 5.41) is 27.7. The van der Waals surface area contributed by atoms with Crippen LogP contribution in [-0.4, -0.2) is 117 Å². The van der Waals surface area contributed by atoms with Crippen molar-refractivity contribution in [3.63, 3.8) is 0 Å². The number of carbonyl (C=O) groups is 2. The van der Waals surface area contributed by atoms with Crippen molar-refractivity contribution in [2.75, 3.05) is 14.2 Å². The number of nitriles is 1. The third-order valence-electron chi connectivity index (χ3n) is 16.9. The molecule has 0 atom stereocenters. The van der Waals surface area contributed by atoms with Gasteiger partial charge in [-0.1, -0.05) is 143 Å². The summed E-state index contributed by atoms with van der Waals surface area (Å²) in [6, 6.07) is 48.6. The Kier molecular flexibility index (Phi) is 18.9. The first-order valence-corrected chi connectivity index (χ1v) is 32.0. The standard InChI is InChI=1S/C71H42B2F17N5O8S2/c1-100-46-31-33-51-49(35-46)92-60(104-51)48(37-91)58-53-54(57(94(58)72(40-15-7-3-8-16-40)41-17-9-4-10-18-41)39-25-29-45(30-26-39)103-71(89,90)69(85,86)67(81,82)65(77,78)63(98)99)59(55(74)61-93-50-36-47(101-2)32-34-52(50)105-61)95(73(42-19-11-5-12-20-42)43-21-13-6-14-22-43)56(53)38-23-27-44(28-24-38)102-70(87,88)68(83,84)66(79,80)64(75,76)62(96)97/h3-36H,1-2H3,(H,96,97)(H,98,99)/b58-48-,59-55+. The number of methoxy groups -OCH3 is 2. The van der Waals surface area contributed by atoms with Crippen molar-refractivity contribution in [1.82, 2.24) is 18.9 Å². The molecule has 0 saturated heterocycles. The maximum atomic E-state index is 20.1. The van der Waals surface area contributed by atoms with E-state index in [0.717, 1.165) is 46.9 Å². The molecule has 0 aliphatic carbocycles. The summed E-state index contributed by atoms with van der Waals surface area (Å²) >= 11 is 1.67. The summed E-state index contributed by atoms with van der Waals surface area (Å²) < 4.78 is 284. The van der Waals surface area contributed by atoms with Crippen molar-refractivity contribution in [2.24, 2.45) is 0 Å². The Bertz CT molecular complexity index is 5310. The molecule has 105 heavy (non-hydrogen) atoms. The minimum atomic E-state index is -7.35. The maximum absolute atomic E-state index is 20.1. The molecule has 4 aromatic heterocycles. The number of aliphatic carboxylic acids is 2. The number of hydrogen-bond donors (Lipinski definition) is 2. The molecule has 0 radical (unpaired) electrons. The fraction of sp³-hybridized carbons (Fsp3) is 0.141. The van der Waals surface area contributed by atoms with Crippen LogP contribution in [0.3, 0.4) is 0 Å². The first-order valence-electron chi connectivity index (χ1n) is 30.4. The molecule has 4 heterocycles. The molecule has 0 amide bonds. The van der Waals surface area contributed by atoms with E-state index in [1.807, 2.05) is 0 Å². The van der Waals surface area contributed by atoms with Crippen LogP contribution in [0, 0.1) is 11.3 Å². The highest BCUT2D eigenvalue weighted by Gasteiger charge is 2.86. The number of alkyl halides is 16. The average molecular weight is 1500 g/mol. The summed E-state index contributed by atoms with van der Waals surface area (Å²) in [6.45, 7) is -2.81. The number of hydrogen-bond acceptors (Lipinski definition) is 11. The molecule has 13 nitrogen and oxygen atoms in total. The van der Waals surface area contributed by atoms with Crippen molar-refractivity contribution < 1.29 is 113 Å². The summed E-state index contributed by atoms with van der Waals surface area (Å²) in [7, 11) is 2.69. The molecule has 536 valence electrons. The molecule has 12 aromatic rings. The van der Waals surface area contributed by atoms with Gasteiger partial charge in [0.2, 0.25) is 0 Å². The zero-order valence-corrected chi connectivity index (χ0v) is 54.7. The molecule has 0 spiro atoms. The van der Waals surface area contributed by atoms with Crippen molar-refractivity contribution in [3.05, 3.63) is 227 Å². The lowest BCUT2D eigenvalue weighted by Crippen LogP contribution is -2.65. The normalized spacial score (nSPS) is 13.4. The molecule has 0 saturated carbocycles. The van der Waals surface area contributed by atoms with Crippen LogP contribution in [0.25, 0.3) is 65.1 Å². The van der Waals surface area contributed by atoms with Crippen LogP contribution in [0.5, 0.6) is 23.0 Å². The fourth-order valence-corrected chi connectivity index (χ4v) is 13.7. The number of carboxylic acid groups (broad SMARTS) is 2. The summed E-state index contributed by atoms with van der Waals surface area (Å²) in [5.41, 5.74) is -0.195. The van der Waals surface area contributed by atoms with E-state index in [1.165, 1.54) is 47.4 Å². The highest BCUT2D eigenvalue weighted by molar-refractivity contribution is 7.20. The Balaban J connectivity index is 1.32. The van der Waals surface area contributed by atoms with Crippen molar-refractivity contribution >= 4 is 113 Å². The van der Waals surface area contributed by atoms with Gasteiger partial charge < -0.3 is 38.1 Å². The summed E-state index contributed by atoms with van der Waals surface area (Å²) in [5.74, 6) is -54.5. The molecular formula is C71H42B2F17N5O8S2. The van der Waals surface area contributed by atoms with Crippen LogP contribution >= 0.6 is 22.7 Å².